The summed E-state index contributed by atoms with van der Waals surface area (Å²) in [6.07, 6.45) is 0.935. The second-order valence-electron chi connectivity index (χ2n) is 4.60. The highest BCUT2D eigenvalue weighted by Gasteiger charge is 2.24. The maximum Gasteiger partial charge on any atom is 0.326 e. The van der Waals surface area contributed by atoms with Crippen molar-refractivity contribution in [3.63, 3.8) is 0 Å². The van der Waals surface area contributed by atoms with Crippen LogP contribution in [0.2, 0.25) is 0 Å². The Labute approximate surface area is 121 Å². The molecule has 1 aromatic heterocycles. The lowest BCUT2D eigenvalue weighted by Gasteiger charge is -2.20. The quantitative estimate of drug-likeness (QED) is 0.701. The molecule has 114 valence electrons. The number of nitrogens with zero attached hydrogens (tertiary/aromatic N) is 2. The summed E-state index contributed by atoms with van der Waals surface area (Å²) in [4.78, 5) is 38.6. The lowest BCUT2D eigenvalue weighted by Crippen LogP contribution is -2.47. The monoisotopic (exact) mass is 295 g/mol. The van der Waals surface area contributed by atoms with Gasteiger partial charge in [-0.25, -0.2) is 9.59 Å². The van der Waals surface area contributed by atoms with Gasteiger partial charge in [-0.3, -0.25) is 9.78 Å². The molecule has 1 rings (SSSR count). The van der Waals surface area contributed by atoms with Crippen LogP contribution in [0.25, 0.3) is 0 Å². The minimum absolute atomic E-state index is 0.259. The summed E-state index contributed by atoms with van der Waals surface area (Å²) in [7, 11) is 1.49. The minimum atomic E-state index is -1.46. The maximum atomic E-state index is 11.9. The molecule has 0 aromatic carbocycles. The van der Waals surface area contributed by atoms with Gasteiger partial charge in [0.05, 0.1) is 6.42 Å². The molecule has 8 heteroatoms. The first-order valence-electron chi connectivity index (χ1n) is 6.17. The van der Waals surface area contributed by atoms with Crippen LogP contribution >= 0.6 is 0 Å². The van der Waals surface area contributed by atoms with Gasteiger partial charge in [0.15, 0.2) is 0 Å². The van der Waals surface area contributed by atoms with Gasteiger partial charge in [0.2, 0.25) is 0 Å². The number of amides is 2. The predicted octanol–water partition coefficient (Wildman–Crippen LogP) is 0.459. The van der Waals surface area contributed by atoms with E-state index in [1.807, 2.05) is 6.92 Å². The molecule has 0 fully saturated rings. The number of urea groups is 1. The summed E-state index contributed by atoms with van der Waals surface area (Å²) < 4.78 is 0. The number of carboxylic acids is 2. The first kappa shape index (κ1) is 16.4. The fourth-order valence-electron chi connectivity index (χ4n) is 1.68. The molecule has 0 aliphatic rings. The first-order valence-corrected chi connectivity index (χ1v) is 6.17. The van der Waals surface area contributed by atoms with E-state index in [1.54, 1.807) is 18.3 Å². The van der Waals surface area contributed by atoms with Crippen LogP contribution in [-0.2, 0) is 16.1 Å². The van der Waals surface area contributed by atoms with Crippen LogP contribution in [-0.4, -0.2) is 51.2 Å². The molecular weight excluding hydrogens is 278 g/mol. The third kappa shape index (κ3) is 5.47. The summed E-state index contributed by atoms with van der Waals surface area (Å²) >= 11 is 0. The average molecular weight is 295 g/mol. The van der Waals surface area contributed by atoms with Gasteiger partial charge in [0.25, 0.3) is 0 Å². The Hall–Kier alpha value is -2.64. The number of aliphatic carboxylic acids is 2. The van der Waals surface area contributed by atoms with E-state index in [4.69, 9.17) is 10.2 Å². The average Bonchev–Trinajstić information content (AvgIpc) is 2.37. The Kier molecular flexibility index (Phi) is 5.65. The van der Waals surface area contributed by atoms with Crippen molar-refractivity contribution in [3.8, 4) is 0 Å². The Morgan fingerprint density at radius 2 is 2.05 bits per heavy atom. The van der Waals surface area contributed by atoms with Crippen LogP contribution < -0.4 is 5.32 Å². The molecule has 3 N–H and O–H groups in total. The van der Waals surface area contributed by atoms with Gasteiger partial charge in [-0.1, -0.05) is 0 Å². The fourth-order valence-corrected chi connectivity index (χ4v) is 1.68. The Bertz CT molecular complexity index is 546. The number of hydrogen-bond donors (Lipinski definition) is 3. The molecule has 0 bridgehead atoms. The number of nitrogens with one attached hydrogen (secondary N) is 1. The van der Waals surface area contributed by atoms with Crippen molar-refractivity contribution in [2.45, 2.75) is 25.9 Å². The lowest BCUT2D eigenvalue weighted by atomic mass is 10.2. The van der Waals surface area contributed by atoms with E-state index in [1.165, 1.54) is 11.9 Å². The molecule has 21 heavy (non-hydrogen) atoms. The zero-order chi connectivity index (χ0) is 16.0. The minimum Gasteiger partial charge on any atom is -0.481 e. The van der Waals surface area contributed by atoms with Crippen LogP contribution in [0.4, 0.5) is 4.79 Å². The van der Waals surface area contributed by atoms with E-state index in [0.717, 1.165) is 11.3 Å². The first-order chi connectivity index (χ1) is 9.79. The van der Waals surface area contributed by atoms with Gasteiger partial charge in [-0.05, 0) is 24.6 Å². The molecule has 1 heterocycles. The van der Waals surface area contributed by atoms with Crippen LogP contribution in [0.1, 0.15) is 17.7 Å². The summed E-state index contributed by atoms with van der Waals surface area (Å²) in [6.45, 7) is 2.07. The Morgan fingerprint density at radius 3 is 2.57 bits per heavy atom. The number of aromatic nitrogens is 1. The largest absolute Gasteiger partial charge is 0.481 e. The molecule has 0 radical (unpaired) electrons. The van der Waals surface area contributed by atoms with Crippen molar-refractivity contribution in [2.75, 3.05) is 7.05 Å². The van der Waals surface area contributed by atoms with Crippen molar-refractivity contribution < 1.29 is 24.6 Å². The van der Waals surface area contributed by atoms with E-state index in [2.05, 4.69) is 10.3 Å². The molecule has 0 saturated heterocycles. The number of carbonyl (C=O) groups is 3. The summed E-state index contributed by atoms with van der Waals surface area (Å²) in [5, 5.41) is 19.7. The van der Waals surface area contributed by atoms with E-state index in [0.29, 0.717) is 0 Å². The number of carbonyl (C=O) groups excluding carboxylic acids is 1. The van der Waals surface area contributed by atoms with Crippen molar-refractivity contribution in [1.82, 2.24) is 15.2 Å². The smallest absolute Gasteiger partial charge is 0.326 e. The molecule has 1 aromatic rings. The van der Waals surface area contributed by atoms with E-state index >= 15 is 0 Å². The molecule has 1 atom stereocenters. The van der Waals surface area contributed by atoms with Gasteiger partial charge in [-0.15, -0.1) is 0 Å². The van der Waals surface area contributed by atoms with Gasteiger partial charge in [0, 0.05) is 25.5 Å². The normalized spacial score (nSPS) is 11.5. The predicted molar refractivity (Wildman–Crippen MR) is 72.6 cm³/mol. The third-order valence-corrected chi connectivity index (χ3v) is 2.70. The van der Waals surface area contributed by atoms with E-state index in [9.17, 15) is 14.4 Å². The van der Waals surface area contributed by atoms with E-state index < -0.39 is 30.4 Å². The standard InChI is InChI=1S/C13H17N3O5/c1-8-5-9(3-4-14-8)7-16(2)13(21)15-10(12(19)20)6-11(17)18/h3-5,10H,6-7H2,1-2H3,(H,15,21)(H,17,18)(H,19,20)/t10-/m1/s1. The maximum absolute atomic E-state index is 11.9. The summed E-state index contributed by atoms with van der Waals surface area (Å²) in [5.74, 6) is -2.69. The Balaban J connectivity index is 2.64. The van der Waals surface area contributed by atoms with Crippen LogP contribution in [0, 0.1) is 6.92 Å². The summed E-state index contributed by atoms with van der Waals surface area (Å²) in [6, 6.07) is 1.42. The zero-order valence-electron chi connectivity index (χ0n) is 11.7. The van der Waals surface area contributed by atoms with Gasteiger partial charge < -0.3 is 20.4 Å². The number of hydrogen-bond acceptors (Lipinski definition) is 4. The second kappa shape index (κ2) is 7.22. The Morgan fingerprint density at radius 1 is 1.38 bits per heavy atom. The highest BCUT2D eigenvalue weighted by atomic mass is 16.4. The van der Waals surface area contributed by atoms with Crippen molar-refractivity contribution in [1.29, 1.82) is 0 Å². The van der Waals surface area contributed by atoms with E-state index in [-0.39, 0.29) is 6.54 Å². The molecule has 0 aliphatic heterocycles. The topological polar surface area (TPSA) is 120 Å². The molecule has 0 saturated carbocycles. The molecule has 0 spiro atoms. The fraction of sp³-hybridized carbons (Fsp3) is 0.385. The van der Waals surface area contributed by atoms with Gasteiger partial charge in [0.1, 0.15) is 6.04 Å². The zero-order valence-corrected chi connectivity index (χ0v) is 11.7. The summed E-state index contributed by atoms with van der Waals surface area (Å²) in [5.41, 5.74) is 1.64. The third-order valence-electron chi connectivity index (χ3n) is 2.70. The molecule has 0 aliphatic carbocycles. The SMILES string of the molecule is Cc1cc(CN(C)C(=O)N[C@H](CC(=O)O)C(=O)O)ccn1. The number of pyridine rings is 1. The highest BCUT2D eigenvalue weighted by molar-refractivity contribution is 5.86. The lowest BCUT2D eigenvalue weighted by molar-refractivity contribution is -0.145. The number of rotatable bonds is 6. The van der Waals surface area contributed by atoms with Crippen LogP contribution in [0.3, 0.4) is 0 Å². The molecule has 2 amide bonds. The van der Waals surface area contributed by atoms with Gasteiger partial charge >= 0.3 is 18.0 Å². The van der Waals surface area contributed by atoms with Crippen LogP contribution in [0.15, 0.2) is 18.3 Å². The molecule has 0 unspecified atom stereocenters. The molecular formula is C13H17N3O5. The van der Waals surface area contributed by atoms with Gasteiger partial charge in [-0.2, -0.15) is 0 Å². The van der Waals surface area contributed by atoms with Crippen molar-refractivity contribution in [2.24, 2.45) is 0 Å². The second-order valence-corrected chi connectivity index (χ2v) is 4.60. The highest BCUT2D eigenvalue weighted by Crippen LogP contribution is 2.05. The molecule has 8 nitrogen and oxygen atoms in total. The van der Waals surface area contributed by atoms with Crippen LogP contribution in [0.5, 0.6) is 0 Å². The number of carboxylic acid groups (broad SMARTS) is 2. The van der Waals surface area contributed by atoms with Crippen molar-refractivity contribution in [3.05, 3.63) is 29.6 Å². The van der Waals surface area contributed by atoms with Crippen molar-refractivity contribution >= 4 is 18.0 Å². The number of aryl methyl sites for hydroxylation is 1.